The van der Waals surface area contributed by atoms with Crippen molar-refractivity contribution in [2.24, 2.45) is 5.73 Å². The van der Waals surface area contributed by atoms with Crippen LogP contribution in [0.25, 0.3) is 0 Å². The van der Waals surface area contributed by atoms with Crippen molar-refractivity contribution in [2.45, 2.75) is 12.5 Å². The van der Waals surface area contributed by atoms with Gasteiger partial charge in [0.2, 0.25) is 0 Å². The van der Waals surface area contributed by atoms with Gasteiger partial charge in [-0.15, -0.1) is 0 Å². The summed E-state index contributed by atoms with van der Waals surface area (Å²) in [5.74, 6) is 0.811. The summed E-state index contributed by atoms with van der Waals surface area (Å²) in [5.41, 5.74) is 7.28. The van der Waals surface area contributed by atoms with Gasteiger partial charge < -0.3 is 10.2 Å². The fraction of sp³-hybridized carbons (Fsp3) is 0.167. The Morgan fingerprint density at radius 2 is 1.88 bits per heavy atom. The predicted molar refractivity (Wildman–Crippen MR) is 76.2 cm³/mol. The zero-order valence-corrected chi connectivity index (χ0v) is 12.2. The molecule has 1 aromatic heterocycles. The highest BCUT2D eigenvalue weighted by Crippen LogP contribution is 2.22. The van der Waals surface area contributed by atoms with Crippen LogP contribution in [0.5, 0.6) is 0 Å². The summed E-state index contributed by atoms with van der Waals surface area (Å²) in [6, 6.07) is 12.0. The molecule has 0 fully saturated rings. The summed E-state index contributed by atoms with van der Waals surface area (Å²) in [5, 5.41) is 0. The molecule has 84 valence electrons. The van der Waals surface area contributed by atoms with Crippen molar-refractivity contribution in [3.63, 3.8) is 0 Å². The molecule has 16 heavy (non-hydrogen) atoms. The van der Waals surface area contributed by atoms with Crippen LogP contribution in [0.4, 0.5) is 0 Å². The van der Waals surface area contributed by atoms with E-state index in [9.17, 15) is 0 Å². The lowest BCUT2D eigenvalue weighted by Gasteiger charge is -2.08. The van der Waals surface area contributed by atoms with Crippen LogP contribution in [0.3, 0.4) is 0 Å². The van der Waals surface area contributed by atoms with Gasteiger partial charge in [-0.1, -0.05) is 12.1 Å². The van der Waals surface area contributed by atoms with Gasteiger partial charge in [-0.25, -0.2) is 0 Å². The highest BCUT2D eigenvalue weighted by Gasteiger charge is 2.10. The van der Waals surface area contributed by atoms with Crippen molar-refractivity contribution in [3.8, 4) is 0 Å². The first-order valence-corrected chi connectivity index (χ1v) is 6.77. The number of benzene rings is 1. The standard InChI is InChI=1S/C12H11BrINO/c13-12-6-5-11(16-12)10(15)7-8-1-3-9(14)4-2-8/h1-6,10H,7,15H2. The van der Waals surface area contributed by atoms with Crippen molar-refractivity contribution >= 4 is 38.5 Å². The predicted octanol–water partition coefficient (Wildman–Crippen LogP) is 3.89. The summed E-state index contributed by atoms with van der Waals surface area (Å²) in [4.78, 5) is 0. The van der Waals surface area contributed by atoms with Crippen LogP contribution in [-0.4, -0.2) is 0 Å². The van der Waals surface area contributed by atoms with Crippen molar-refractivity contribution in [1.29, 1.82) is 0 Å². The van der Waals surface area contributed by atoms with E-state index in [4.69, 9.17) is 10.2 Å². The summed E-state index contributed by atoms with van der Waals surface area (Å²) in [7, 11) is 0. The van der Waals surface area contributed by atoms with Crippen LogP contribution >= 0.6 is 38.5 Å². The second-order valence-electron chi connectivity index (χ2n) is 3.58. The first-order chi connectivity index (χ1) is 7.65. The summed E-state index contributed by atoms with van der Waals surface area (Å²) in [6.45, 7) is 0. The van der Waals surface area contributed by atoms with Crippen LogP contribution in [0, 0.1) is 3.57 Å². The molecule has 1 heterocycles. The van der Waals surface area contributed by atoms with Crippen LogP contribution in [0.1, 0.15) is 17.4 Å². The van der Waals surface area contributed by atoms with E-state index < -0.39 is 0 Å². The second-order valence-corrected chi connectivity index (χ2v) is 5.61. The molecule has 2 aromatic rings. The van der Waals surface area contributed by atoms with E-state index in [0.717, 1.165) is 16.9 Å². The number of furan rings is 1. The minimum Gasteiger partial charge on any atom is -0.453 e. The molecule has 1 unspecified atom stereocenters. The van der Waals surface area contributed by atoms with Gasteiger partial charge >= 0.3 is 0 Å². The van der Waals surface area contributed by atoms with Gasteiger partial charge in [0.1, 0.15) is 5.76 Å². The molecule has 1 atom stereocenters. The summed E-state index contributed by atoms with van der Waals surface area (Å²) in [6.07, 6.45) is 0.789. The maximum Gasteiger partial charge on any atom is 0.169 e. The molecule has 2 rings (SSSR count). The third kappa shape index (κ3) is 3.09. The molecule has 0 radical (unpaired) electrons. The molecule has 0 amide bonds. The number of nitrogens with two attached hydrogens (primary N) is 1. The molecule has 0 aliphatic rings. The SMILES string of the molecule is NC(Cc1ccc(I)cc1)c1ccc(Br)o1. The van der Waals surface area contributed by atoms with E-state index in [1.807, 2.05) is 12.1 Å². The van der Waals surface area contributed by atoms with Gasteiger partial charge in [-0.05, 0) is 74.8 Å². The molecule has 0 bridgehead atoms. The molecule has 4 heteroatoms. The van der Waals surface area contributed by atoms with E-state index in [1.54, 1.807) is 0 Å². The highest BCUT2D eigenvalue weighted by molar-refractivity contribution is 14.1. The molecule has 0 aliphatic heterocycles. The van der Waals surface area contributed by atoms with E-state index in [-0.39, 0.29) is 6.04 Å². The van der Waals surface area contributed by atoms with Gasteiger partial charge in [0.25, 0.3) is 0 Å². The zero-order valence-electron chi connectivity index (χ0n) is 8.49. The fourth-order valence-electron chi connectivity index (χ4n) is 1.50. The zero-order chi connectivity index (χ0) is 11.5. The molecule has 2 nitrogen and oxygen atoms in total. The quantitative estimate of drug-likeness (QED) is 0.806. The number of rotatable bonds is 3. The van der Waals surface area contributed by atoms with Gasteiger partial charge in [0, 0.05) is 3.57 Å². The maximum absolute atomic E-state index is 6.06. The summed E-state index contributed by atoms with van der Waals surface area (Å²) >= 11 is 5.56. The lowest BCUT2D eigenvalue weighted by Crippen LogP contribution is -2.12. The topological polar surface area (TPSA) is 39.2 Å². The van der Waals surface area contributed by atoms with Crippen molar-refractivity contribution in [3.05, 3.63) is 56.0 Å². The average Bonchev–Trinajstić information content (AvgIpc) is 2.68. The van der Waals surface area contributed by atoms with Crippen molar-refractivity contribution < 1.29 is 4.42 Å². The fourth-order valence-corrected chi connectivity index (χ4v) is 2.18. The number of halogens is 2. The van der Waals surface area contributed by atoms with Crippen LogP contribution in [0.15, 0.2) is 45.5 Å². The lowest BCUT2D eigenvalue weighted by atomic mass is 10.1. The molecular formula is C12H11BrINO. The first-order valence-electron chi connectivity index (χ1n) is 4.90. The van der Waals surface area contributed by atoms with Crippen LogP contribution in [0.2, 0.25) is 0 Å². The Bertz CT molecular complexity index is 466. The van der Waals surface area contributed by atoms with Crippen LogP contribution in [-0.2, 0) is 6.42 Å². The molecule has 0 saturated heterocycles. The Labute approximate surface area is 116 Å². The molecule has 0 saturated carbocycles. The molecule has 1 aromatic carbocycles. The van der Waals surface area contributed by atoms with E-state index in [0.29, 0.717) is 0 Å². The largest absolute Gasteiger partial charge is 0.453 e. The van der Waals surface area contributed by atoms with Crippen molar-refractivity contribution in [2.75, 3.05) is 0 Å². The third-order valence-electron chi connectivity index (χ3n) is 2.33. The Morgan fingerprint density at radius 3 is 2.44 bits per heavy atom. The molecule has 0 aliphatic carbocycles. The average molecular weight is 392 g/mol. The normalized spacial score (nSPS) is 12.7. The lowest BCUT2D eigenvalue weighted by molar-refractivity contribution is 0.448. The Balaban J connectivity index is 2.07. The Hall–Kier alpha value is -0.330. The maximum atomic E-state index is 6.06. The van der Waals surface area contributed by atoms with E-state index in [1.165, 1.54) is 9.13 Å². The molecular weight excluding hydrogens is 381 g/mol. The van der Waals surface area contributed by atoms with Crippen LogP contribution < -0.4 is 5.73 Å². The van der Waals surface area contributed by atoms with E-state index >= 15 is 0 Å². The minimum atomic E-state index is -0.0913. The molecule has 0 spiro atoms. The first kappa shape index (κ1) is 12.1. The van der Waals surface area contributed by atoms with E-state index in [2.05, 4.69) is 62.8 Å². The van der Waals surface area contributed by atoms with Gasteiger partial charge in [-0.3, -0.25) is 0 Å². The minimum absolute atomic E-state index is 0.0913. The second kappa shape index (κ2) is 5.33. The summed E-state index contributed by atoms with van der Waals surface area (Å²) < 4.78 is 7.39. The smallest absolute Gasteiger partial charge is 0.169 e. The molecule has 2 N–H and O–H groups in total. The Kier molecular flexibility index (Phi) is 4.05. The Morgan fingerprint density at radius 1 is 1.19 bits per heavy atom. The number of hydrogen-bond donors (Lipinski definition) is 1. The van der Waals surface area contributed by atoms with Crippen molar-refractivity contribution in [1.82, 2.24) is 0 Å². The number of hydrogen-bond acceptors (Lipinski definition) is 2. The van der Waals surface area contributed by atoms with Gasteiger partial charge in [0.15, 0.2) is 4.67 Å². The monoisotopic (exact) mass is 391 g/mol. The highest BCUT2D eigenvalue weighted by atomic mass is 127. The van der Waals surface area contributed by atoms with Gasteiger partial charge in [-0.2, -0.15) is 0 Å². The third-order valence-corrected chi connectivity index (χ3v) is 3.47. The van der Waals surface area contributed by atoms with Gasteiger partial charge in [0.05, 0.1) is 6.04 Å².